The van der Waals surface area contributed by atoms with Crippen LogP contribution in [0.1, 0.15) is 62.1 Å². The van der Waals surface area contributed by atoms with E-state index in [0.29, 0.717) is 43.7 Å². The number of benzene rings is 2. The van der Waals surface area contributed by atoms with Gasteiger partial charge in [-0.05, 0) is 74.4 Å². The number of hydrogen-bond acceptors (Lipinski definition) is 5. The van der Waals surface area contributed by atoms with Gasteiger partial charge >= 0.3 is 6.36 Å². The summed E-state index contributed by atoms with van der Waals surface area (Å²) in [5.41, 5.74) is 2.33. The number of nitrogens with zero attached hydrogens (tertiary/aromatic N) is 3. The smallest absolute Gasteiger partial charge is 0.406 e. The lowest BCUT2D eigenvalue weighted by Crippen LogP contribution is -2.49. The molecule has 0 bridgehead atoms. The fraction of sp³-hybridized carbons (Fsp3) is 0.500. The van der Waals surface area contributed by atoms with Crippen molar-refractivity contribution in [1.29, 1.82) is 0 Å². The number of hydrogen-bond donors (Lipinski definition) is 1. The SMILES string of the molecule is CC(=O)N(c1ccc(CCS(=O)N2CCC3(CC2)N=C(c2cccc(OC(F)(F)F)c2)NC3=O)c(C)c1)C1CCCC1. The molecule has 2 aliphatic heterocycles. The minimum atomic E-state index is -4.82. The molecule has 0 aromatic heterocycles. The molecule has 0 radical (unpaired) electrons. The second kappa shape index (κ2) is 12.2. The maximum atomic E-state index is 13.2. The Morgan fingerprint density at radius 2 is 1.88 bits per heavy atom. The summed E-state index contributed by atoms with van der Waals surface area (Å²) < 4.78 is 56.9. The van der Waals surface area contributed by atoms with E-state index in [-0.39, 0.29) is 23.7 Å². The molecule has 226 valence electrons. The zero-order valence-corrected chi connectivity index (χ0v) is 24.5. The number of alkyl halides is 3. The van der Waals surface area contributed by atoms with E-state index in [9.17, 15) is 27.0 Å². The lowest BCUT2D eigenvalue weighted by Gasteiger charge is -2.34. The van der Waals surface area contributed by atoms with Crippen LogP contribution in [0.25, 0.3) is 0 Å². The third-order valence-electron chi connectivity index (χ3n) is 8.34. The molecule has 1 aliphatic carbocycles. The number of carbonyl (C=O) groups is 2. The van der Waals surface area contributed by atoms with Crippen molar-refractivity contribution in [2.45, 2.75) is 76.7 Å². The maximum Gasteiger partial charge on any atom is 0.573 e. The lowest BCUT2D eigenvalue weighted by atomic mass is 9.89. The molecule has 1 saturated heterocycles. The second-order valence-electron chi connectivity index (χ2n) is 11.2. The van der Waals surface area contributed by atoms with Crippen molar-refractivity contribution < 1.29 is 31.7 Å². The highest BCUT2D eigenvalue weighted by Crippen LogP contribution is 2.33. The molecule has 3 aliphatic rings. The van der Waals surface area contributed by atoms with Crippen LogP contribution < -0.4 is 15.0 Å². The highest BCUT2D eigenvalue weighted by atomic mass is 32.2. The van der Waals surface area contributed by atoms with Gasteiger partial charge in [-0.25, -0.2) is 8.51 Å². The zero-order chi connectivity index (χ0) is 30.1. The third-order valence-corrected chi connectivity index (χ3v) is 9.83. The topological polar surface area (TPSA) is 91.3 Å². The van der Waals surface area contributed by atoms with Crippen LogP contribution in [-0.4, -0.2) is 62.9 Å². The largest absolute Gasteiger partial charge is 0.573 e. The summed E-state index contributed by atoms with van der Waals surface area (Å²) in [6.45, 7) is 4.43. The van der Waals surface area contributed by atoms with Gasteiger partial charge in [-0.3, -0.25) is 14.6 Å². The molecule has 5 rings (SSSR count). The zero-order valence-electron chi connectivity index (χ0n) is 23.7. The Bertz CT molecular complexity index is 1400. The first kappa shape index (κ1) is 30.2. The Balaban J connectivity index is 1.18. The van der Waals surface area contributed by atoms with Gasteiger partial charge in [0.2, 0.25) is 5.91 Å². The Labute approximate surface area is 245 Å². The number of halogens is 3. The number of amidine groups is 1. The van der Waals surface area contributed by atoms with Crippen LogP contribution >= 0.6 is 0 Å². The molecule has 2 heterocycles. The first-order valence-electron chi connectivity index (χ1n) is 14.2. The second-order valence-corrected chi connectivity index (χ2v) is 12.7. The molecule has 1 atom stereocenters. The molecule has 2 fully saturated rings. The first-order valence-corrected chi connectivity index (χ1v) is 15.5. The van der Waals surface area contributed by atoms with Gasteiger partial charge < -0.3 is 15.0 Å². The van der Waals surface area contributed by atoms with Crippen LogP contribution in [-0.2, 0) is 27.0 Å². The standard InChI is InChI=1S/C30H35F3N4O4S/c1-20-18-25(37(21(2)38)24-7-3-4-8-24)11-10-22(20)12-17-42(40)36-15-13-29(14-16-36)28(39)34-27(35-29)23-6-5-9-26(19-23)41-30(31,32)33/h5-6,9-11,18-19,24H,3-4,7-8,12-17H2,1-2H3,(H,34,35,39). The predicted octanol–water partition coefficient (Wildman–Crippen LogP) is 4.81. The van der Waals surface area contributed by atoms with Gasteiger partial charge in [-0.2, -0.15) is 0 Å². The highest BCUT2D eigenvalue weighted by Gasteiger charge is 2.46. The predicted molar refractivity (Wildman–Crippen MR) is 155 cm³/mol. The summed E-state index contributed by atoms with van der Waals surface area (Å²) in [6.07, 6.45) is 0.818. The average molecular weight is 605 g/mol. The van der Waals surface area contributed by atoms with E-state index < -0.39 is 28.6 Å². The van der Waals surface area contributed by atoms with Crippen molar-refractivity contribution in [1.82, 2.24) is 9.62 Å². The number of ether oxygens (including phenoxy) is 1. The number of piperidine rings is 1. The Morgan fingerprint density at radius 3 is 2.52 bits per heavy atom. The number of anilines is 1. The van der Waals surface area contributed by atoms with Gasteiger partial charge in [0, 0.05) is 43.1 Å². The summed E-state index contributed by atoms with van der Waals surface area (Å²) >= 11 is 0. The Kier molecular flexibility index (Phi) is 8.75. The van der Waals surface area contributed by atoms with E-state index in [1.807, 2.05) is 34.3 Å². The summed E-state index contributed by atoms with van der Waals surface area (Å²) in [6, 6.07) is 11.6. The van der Waals surface area contributed by atoms with E-state index in [2.05, 4.69) is 15.0 Å². The Hall–Kier alpha value is -3.25. The minimum absolute atomic E-state index is 0.0504. The molecule has 1 unspecified atom stereocenters. The molecular formula is C30H35F3N4O4S. The number of nitrogens with one attached hydrogen (secondary N) is 1. The van der Waals surface area contributed by atoms with Gasteiger partial charge in [0.05, 0.1) is 11.0 Å². The molecular weight excluding hydrogens is 569 g/mol. The maximum absolute atomic E-state index is 13.2. The lowest BCUT2D eigenvalue weighted by molar-refractivity contribution is -0.274. The van der Waals surface area contributed by atoms with Crippen molar-refractivity contribution in [3.8, 4) is 5.75 Å². The summed E-state index contributed by atoms with van der Waals surface area (Å²) in [4.78, 5) is 31.8. The van der Waals surface area contributed by atoms with Crippen molar-refractivity contribution >= 4 is 34.3 Å². The minimum Gasteiger partial charge on any atom is -0.406 e. The highest BCUT2D eigenvalue weighted by molar-refractivity contribution is 7.82. The van der Waals surface area contributed by atoms with Crippen LogP contribution in [0.5, 0.6) is 5.75 Å². The number of carbonyl (C=O) groups excluding carboxylic acids is 2. The number of aliphatic imine (C=N–C) groups is 1. The molecule has 1 saturated carbocycles. The first-order chi connectivity index (χ1) is 19.9. The molecule has 2 aromatic carbocycles. The van der Waals surface area contributed by atoms with Crippen LogP contribution in [0.3, 0.4) is 0 Å². The average Bonchev–Trinajstić information content (AvgIpc) is 3.56. The normalized spacial score (nSPS) is 19.9. The van der Waals surface area contributed by atoms with Crippen molar-refractivity contribution in [2.75, 3.05) is 23.7 Å². The van der Waals surface area contributed by atoms with Crippen LogP contribution in [0.2, 0.25) is 0 Å². The molecule has 12 heteroatoms. The van der Waals surface area contributed by atoms with E-state index >= 15 is 0 Å². The van der Waals surface area contributed by atoms with Gasteiger partial charge in [-0.1, -0.05) is 31.0 Å². The summed E-state index contributed by atoms with van der Waals surface area (Å²) in [5.74, 6) is -0.0124. The monoisotopic (exact) mass is 604 g/mol. The molecule has 42 heavy (non-hydrogen) atoms. The molecule has 1 N–H and O–H groups in total. The fourth-order valence-corrected chi connectivity index (χ4v) is 7.38. The number of aryl methyl sites for hydroxylation is 2. The van der Waals surface area contributed by atoms with Crippen LogP contribution in [0.15, 0.2) is 47.5 Å². The van der Waals surface area contributed by atoms with Gasteiger partial charge in [0.25, 0.3) is 5.91 Å². The van der Waals surface area contributed by atoms with E-state index in [0.717, 1.165) is 42.5 Å². The van der Waals surface area contributed by atoms with E-state index in [1.165, 1.54) is 18.2 Å². The molecule has 1 spiro atoms. The molecule has 2 amide bonds. The van der Waals surface area contributed by atoms with Gasteiger partial charge in [0.15, 0.2) is 0 Å². The summed E-state index contributed by atoms with van der Waals surface area (Å²) in [7, 11) is -1.26. The quantitative estimate of drug-likeness (QED) is 0.469. The number of amides is 2. The summed E-state index contributed by atoms with van der Waals surface area (Å²) in [5, 5.41) is 2.71. The van der Waals surface area contributed by atoms with Crippen molar-refractivity contribution in [3.05, 3.63) is 59.2 Å². The van der Waals surface area contributed by atoms with E-state index in [4.69, 9.17) is 0 Å². The Morgan fingerprint density at radius 1 is 1.17 bits per heavy atom. The van der Waals surface area contributed by atoms with Crippen molar-refractivity contribution in [3.63, 3.8) is 0 Å². The van der Waals surface area contributed by atoms with Crippen LogP contribution in [0.4, 0.5) is 18.9 Å². The van der Waals surface area contributed by atoms with E-state index in [1.54, 1.807) is 13.0 Å². The van der Waals surface area contributed by atoms with Gasteiger partial charge in [0.1, 0.15) is 17.1 Å². The van der Waals surface area contributed by atoms with Gasteiger partial charge in [-0.15, -0.1) is 13.2 Å². The fourth-order valence-electron chi connectivity index (χ4n) is 6.14. The molecule has 2 aromatic rings. The van der Waals surface area contributed by atoms with Crippen LogP contribution in [0, 0.1) is 6.92 Å². The molecule has 8 nitrogen and oxygen atoms in total. The van der Waals surface area contributed by atoms with Crippen molar-refractivity contribution in [2.24, 2.45) is 4.99 Å². The third kappa shape index (κ3) is 6.70. The number of rotatable bonds is 8.